The number of hydrogen-bond donors (Lipinski definition) is 0. The molecule has 3 rings (SSSR count). The summed E-state index contributed by atoms with van der Waals surface area (Å²) in [7, 11) is 1.58. The second-order valence-electron chi connectivity index (χ2n) is 4.82. The zero-order valence-corrected chi connectivity index (χ0v) is 11.4. The summed E-state index contributed by atoms with van der Waals surface area (Å²) in [6, 6.07) is 7.16. The number of likely N-dealkylation sites (tertiary alicyclic amines) is 1. The van der Waals surface area contributed by atoms with E-state index in [2.05, 4.69) is 10.1 Å². The van der Waals surface area contributed by atoms with Gasteiger partial charge in [0.25, 0.3) is 5.91 Å². The number of benzene rings is 1. The second kappa shape index (κ2) is 4.96. The van der Waals surface area contributed by atoms with Crippen molar-refractivity contribution in [3.63, 3.8) is 0 Å². The van der Waals surface area contributed by atoms with Gasteiger partial charge in [0.2, 0.25) is 5.89 Å². The molecule has 1 aromatic carbocycles. The zero-order chi connectivity index (χ0) is 14.1. The van der Waals surface area contributed by atoms with E-state index in [4.69, 9.17) is 9.26 Å². The van der Waals surface area contributed by atoms with Gasteiger partial charge in [0.15, 0.2) is 5.82 Å². The van der Waals surface area contributed by atoms with Gasteiger partial charge in [-0.15, -0.1) is 0 Å². The topological polar surface area (TPSA) is 68.5 Å². The molecule has 0 spiro atoms. The average molecular weight is 273 g/mol. The second-order valence-corrected chi connectivity index (χ2v) is 4.82. The van der Waals surface area contributed by atoms with Crippen LogP contribution in [0.4, 0.5) is 0 Å². The van der Waals surface area contributed by atoms with Crippen molar-refractivity contribution in [3.8, 4) is 5.75 Å². The lowest BCUT2D eigenvalue weighted by Crippen LogP contribution is -2.48. The quantitative estimate of drug-likeness (QED) is 0.850. The molecule has 0 atom stereocenters. The molecule has 20 heavy (non-hydrogen) atoms. The first kappa shape index (κ1) is 12.7. The number of carbonyl (C=O) groups excluding carboxylic acids is 1. The number of hydrogen-bond acceptors (Lipinski definition) is 5. The Labute approximate surface area is 116 Å². The van der Waals surface area contributed by atoms with Gasteiger partial charge in [0.05, 0.1) is 13.0 Å². The van der Waals surface area contributed by atoms with Crippen LogP contribution in [-0.4, -0.2) is 41.1 Å². The predicted molar refractivity (Wildman–Crippen MR) is 70.7 cm³/mol. The fourth-order valence-corrected chi connectivity index (χ4v) is 2.22. The lowest BCUT2D eigenvalue weighted by atomic mass is 9.98. The van der Waals surface area contributed by atoms with Gasteiger partial charge in [-0.05, 0) is 25.1 Å². The molecular weight excluding hydrogens is 258 g/mol. The van der Waals surface area contributed by atoms with E-state index < -0.39 is 0 Å². The SMILES string of the molecule is COc1cccc(C(=O)N2CC(c3nc(C)no3)C2)c1. The largest absolute Gasteiger partial charge is 0.497 e. The molecule has 1 aliphatic rings. The summed E-state index contributed by atoms with van der Waals surface area (Å²) in [5.74, 6) is 2.05. The third kappa shape index (κ3) is 2.24. The van der Waals surface area contributed by atoms with Crippen LogP contribution < -0.4 is 4.74 Å². The minimum Gasteiger partial charge on any atom is -0.497 e. The number of rotatable bonds is 3. The van der Waals surface area contributed by atoms with Crippen molar-refractivity contribution in [1.29, 1.82) is 0 Å². The number of nitrogens with zero attached hydrogens (tertiary/aromatic N) is 3. The van der Waals surface area contributed by atoms with E-state index in [9.17, 15) is 4.79 Å². The van der Waals surface area contributed by atoms with Gasteiger partial charge in [-0.3, -0.25) is 4.79 Å². The highest BCUT2D eigenvalue weighted by atomic mass is 16.5. The van der Waals surface area contributed by atoms with Crippen molar-refractivity contribution >= 4 is 5.91 Å². The Kier molecular flexibility index (Phi) is 3.14. The molecule has 0 bridgehead atoms. The molecule has 0 N–H and O–H groups in total. The molecule has 0 aliphatic carbocycles. The van der Waals surface area contributed by atoms with Gasteiger partial charge >= 0.3 is 0 Å². The Balaban J connectivity index is 1.65. The zero-order valence-electron chi connectivity index (χ0n) is 11.4. The maximum Gasteiger partial charge on any atom is 0.254 e. The molecule has 0 unspecified atom stereocenters. The summed E-state index contributed by atoms with van der Waals surface area (Å²) in [6.07, 6.45) is 0. The van der Waals surface area contributed by atoms with Crippen LogP contribution in [0.25, 0.3) is 0 Å². The van der Waals surface area contributed by atoms with Crippen LogP contribution in [0.5, 0.6) is 5.75 Å². The summed E-state index contributed by atoms with van der Waals surface area (Å²) >= 11 is 0. The number of methoxy groups -OCH3 is 1. The maximum absolute atomic E-state index is 12.3. The van der Waals surface area contributed by atoms with E-state index in [1.54, 1.807) is 31.1 Å². The van der Waals surface area contributed by atoms with Crippen molar-refractivity contribution in [2.45, 2.75) is 12.8 Å². The summed E-state index contributed by atoms with van der Waals surface area (Å²) in [4.78, 5) is 18.2. The molecule has 2 aromatic rings. The smallest absolute Gasteiger partial charge is 0.254 e. The van der Waals surface area contributed by atoms with Crippen molar-refractivity contribution in [1.82, 2.24) is 15.0 Å². The highest BCUT2D eigenvalue weighted by Crippen LogP contribution is 2.27. The first-order chi connectivity index (χ1) is 9.67. The average Bonchev–Trinajstić information content (AvgIpc) is 2.83. The number of aromatic nitrogens is 2. The van der Waals surface area contributed by atoms with Gasteiger partial charge < -0.3 is 14.2 Å². The molecule has 1 aliphatic heterocycles. The van der Waals surface area contributed by atoms with Crippen LogP contribution in [0.3, 0.4) is 0 Å². The minimum atomic E-state index is -0.00335. The molecule has 1 fully saturated rings. The van der Waals surface area contributed by atoms with E-state index in [-0.39, 0.29) is 11.8 Å². The first-order valence-corrected chi connectivity index (χ1v) is 6.41. The summed E-state index contributed by atoms with van der Waals surface area (Å²) in [5.41, 5.74) is 0.629. The summed E-state index contributed by atoms with van der Waals surface area (Å²) in [6.45, 7) is 3.00. The Morgan fingerprint density at radius 1 is 1.45 bits per heavy atom. The minimum absolute atomic E-state index is 0.00335. The molecule has 1 saturated heterocycles. The summed E-state index contributed by atoms with van der Waals surface area (Å²) < 4.78 is 10.2. The Hall–Kier alpha value is -2.37. The van der Waals surface area contributed by atoms with Crippen molar-refractivity contribution in [2.75, 3.05) is 20.2 Å². The number of amides is 1. The van der Waals surface area contributed by atoms with Crippen LogP contribution in [0, 0.1) is 6.92 Å². The van der Waals surface area contributed by atoms with Crippen LogP contribution in [-0.2, 0) is 0 Å². The van der Waals surface area contributed by atoms with Gasteiger partial charge in [-0.2, -0.15) is 4.98 Å². The molecule has 0 saturated carbocycles. The molecule has 1 amide bonds. The Bertz CT molecular complexity index is 632. The molecule has 104 valence electrons. The van der Waals surface area contributed by atoms with Crippen molar-refractivity contribution in [3.05, 3.63) is 41.5 Å². The lowest BCUT2D eigenvalue weighted by Gasteiger charge is -2.37. The molecule has 6 nitrogen and oxygen atoms in total. The lowest BCUT2D eigenvalue weighted by molar-refractivity contribution is 0.0569. The van der Waals surface area contributed by atoms with Gasteiger partial charge in [-0.1, -0.05) is 11.2 Å². The third-order valence-corrected chi connectivity index (χ3v) is 3.38. The Morgan fingerprint density at radius 3 is 2.90 bits per heavy atom. The standard InChI is InChI=1S/C14H15N3O3/c1-9-15-13(20-16-9)11-7-17(8-11)14(18)10-4-3-5-12(6-10)19-2/h3-6,11H,7-8H2,1-2H3. The molecule has 6 heteroatoms. The highest BCUT2D eigenvalue weighted by Gasteiger charge is 2.35. The normalized spacial score (nSPS) is 15.0. The maximum atomic E-state index is 12.3. The third-order valence-electron chi connectivity index (χ3n) is 3.38. The fourth-order valence-electron chi connectivity index (χ4n) is 2.22. The van der Waals surface area contributed by atoms with Crippen LogP contribution in [0.2, 0.25) is 0 Å². The van der Waals surface area contributed by atoms with E-state index in [0.717, 1.165) is 0 Å². The van der Waals surface area contributed by atoms with Crippen LogP contribution in [0.1, 0.15) is 28.0 Å². The summed E-state index contributed by atoms with van der Waals surface area (Å²) in [5, 5.41) is 3.76. The molecule has 2 heterocycles. The molecule has 0 radical (unpaired) electrons. The van der Waals surface area contributed by atoms with E-state index in [1.165, 1.54) is 0 Å². The van der Waals surface area contributed by atoms with Crippen LogP contribution >= 0.6 is 0 Å². The predicted octanol–water partition coefficient (Wildman–Crippen LogP) is 1.63. The van der Waals surface area contributed by atoms with E-state index in [0.29, 0.717) is 36.1 Å². The van der Waals surface area contributed by atoms with E-state index >= 15 is 0 Å². The number of aryl methyl sites for hydroxylation is 1. The van der Waals surface area contributed by atoms with Crippen molar-refractivity contribution in [2.24, 2.45) is 0 Å². The van der Waals surface area contributed by atoms with Crippen molar-refractivity contribution < 1.29 is 14.1 Å². The van der Waals surface area contributed by atoms with Gasteiger partial charge in [0, 0.05) is 18.7 Å². The number of ether oxygens (including phenoxy) is 1. The van der Waals surface area contributed by atoms with E-state index in [1.807, 2.05) is 12.1 Å². The molecule has 1 aromatic heterocycles. The van der Waals surface area contributed by atoms with Crippen LogP contribution in [0.15, 0.2) is 28.8 Å². The highest BCUT2D eigenvalue weighted by molar-refractivity contribution is 5.95. The fraction of sp³-hybridized carbons (Fsp3) is 0.357. The monoisotopic (exact) mass is 273 g/mol. The van der Waals surface area contributed by atoms with Gasteiger partial charge in [0.1, 0.15) is 5.75 Å². The first-order valence-electron chi connectivity index (χ1n) is 6.41. The Morgan fingerprint density at radius 2 is 2.25 bits per heavy atom. The van der Waals surface area contributed by atoms with Gasteiger partial charge in [-0.25, -0.2) is 0 Å². The molecular formula is C14H15N3O3. The number of carbonyl (C=O) groups is 1.